The topological polar surface area (TPSA) is 117 Å². The number of hydrogen-bond acceptors (Lipinski definition) is 6. The summed E-state index contributed by atoms with van der Waals surface area (Å²) in [4.78, 5) is 39.5. The summed E-state index contributed by atoms with van der Waals surface area (Å²) in [5, 5.41) is 24.8. The maximum Gasteiger partial charge on any atom is 0.295 e. The van der Waals surface area contributed by atoms with Gasteiger partial charge in [0.25, 0.3) is 11.6 Å². The predicted molar refractivity (Wildman–Crippen MR) is 124 cm³/mol. The maximum atomic E-state index is 13.5. The number of benzene rings is 2. The standard InChI is InChI=1S/C25H29N3O6/c1-4-26(5-2)14-15-27-22(18-8-7-9-19(16-18)28(32)33)21(24(30)25(27)31)23(29)17-10-12-20(13-11-17)34-6-3/h7-13,16,22,29H,4-6,14-15H2,1-3H3. The molecule has 1 fully saturated rings. The first-order chi connectivity index (χ1) is 16.3. The van der Waals surface area contributed by atoms with Gasteiger partial charge < -0.3 is 19.6 Å². The first-order valence-corrected chi connectivity index (χ1v) is 11.4. The minimum Gasteiger partial charge on any atom is -0.872 e. The molecule has 1 heterocycles. The molecule has 1 aliphatic rings. The van der Waals surface area contributed by atoms with Gasteiger partial charge in [-0.05, 0) is 44.0 Å². The van der Waals surface area contributed by atoms with Gasteiger partial charge in [-0.3, -0.25) is 19.7 Å². The van der Waals surface area contributed by atoms with E-state index in [0.717, 1.165) is 13.1 Å². The monoisotopic (exact) mass is 467 g/mol. The van der Waals surface area contributed by atoms with Gasteiger partial charge in [-0.25, -0.2) is 0 Å². The van der Waals surface area contributed by atoms with Crippen molar-refractivity contribution in [3.8, 4) is 5.75 Å². The number of quaternary nitrogens is 1. The van der Waals surface area contributed by atoms with Crippen LogP contribution in [0.2, 0.25) is 0 Å². The SMILES string of the molecule is CCOc1ccc(C([O-])=C2C(=O)C(=O)N(CC[NH+](CC)CC)C2c2cccc([N+](=O)[O-])c2)cc1. The summed E-state index contributed by atoms with van der Waals surface area (Å²) in [6.07, 6.45) is 0. The number of nitrogens with zero attached hydrogens (tertiary/aromatic N) is 2. The number of ether oxygens (including phenoxy) is 1. The highest BCUT2D eigenvalue weighted by Crippen LogP contribution is 2.39. The van der Waals surface area contributed by atoms with Crippen LogP contribution in [0, 0.1) is 10.1 Å². The third-order valence-corrected chi connectivity index (χ3v) is 6.06. The molecule has 0 saturated carbocycles. The minimum atomic E-state index is -0.992. The average Bonchev–Trinajstić information content (AvgIpc) is 3.10. The van der Waals surface area contributed by atoms with Gasteiger partial charge in [0, 0.05) is 17.7 Å². The number of non-ortho nitro benzene ring substituents is 1. The Kier molecular flexibility index (Phi) is 8.01. The van der Waals surface area contributed by atoms with Crippen LogP contribution in [0.4, 0.5) is 5.69 Å². The van der Waals surface area contributed by atoms with E-state index in [0.29, 0.717) is 24.5 Å². The van der Waals surface area contributed by atoms with E-state index in [1.165, 1.54) is 28.0 Å². The Bertz CT molecular complexity index is 1090. The van der Waals surface area contributed by atoms with Gasteiger partial charge in [0.1, 0.15) is 5.75 Å². The Morgan fingerprint density at radius 3 is 2.35 bits per heavy atom. The Balaban J connectivity index is 2.11. The maximum absolute atomic E-state index is 13.5. The molecule has 9 heteroatoms. The molecule has 1 aliphatic heterocycles. The summed E-state index contributed by atoms with van der Waals surface area (Å²) in [6, 6.07) is 11.1. The van der Waals surface area contributed by atoms with Crippen molar-refractivity contribution in [2.75, 3.05) is 32.8 Å². The molecule has 3 rings (SSSR count). The van der Waals surface area contributed by atoms with Gasteiger partial charge in [-0.2, -0.15) is 0 Å². The van der Waals surface area contributed by atoms with Crippen molar-refractivity contribution in [2.24, 2.45) is 0 Å². The summed E-state index contributed by atoms with van der Waals surface area (Å²) in [5.74, 6) is -1.63. The van der Waals surface area contributed by atoms with Gasteiger partial charge in [0.05, 0.1) is 43.8 Å². The number of nitro groups is 1. The first kappa shape index (κ1) is 24.9. The van der Waals surface area contributed by atoms with Gasteiger partial charge in [-0.15, -0.1) is 0 Å². The molecule has 1 saturated heterocycles. The minimum absolute atomic E-state index is 0.175. The van der Waals surface area contributed by atoms with Crippen molar-refractivity contribution < 1.29 is 29.3 Å². The predicted octanol–water partition coefficient (Wildman–Crippen LogP) is 1.14. The Morgan fingerprint density at radius 2 is 1.76 bits per heavy atom. The van der Waals surface area contributed by atoms with Gasteiger partial charge in [-0.1, -0.05) is 30.0 Å². The Morgan fingerprint density at radius 1 is 1.09 bits per heavy atom. The number of nitrogens with one attached hydrogen (secondary N) is 1. The average molecular weight is 468 g/mol. The zero-order valence-corrected chi connectivity index (χ0v) is 19.6. The molecular weight excluding hydrogens is 438 g/mol. The van der Waals surface area contributed by atoms with E-state index < -0.39 is 28.4 Å². The number of Topliss-reactive ketones (excluding diaryl/α,β-unsaturated/α-hetero) is 1. The number of rotatable bonds is 10. The Hall–Kier alpha value is -3.72. The molecular formula is C25H29N3O6. The van der Waals surface area contributed by atoms with Crippen LogP contribution in [0.25, 0.3) is 5.76 Å². The first-order valence-electron chi connectivity index (χ1n) is 11.4. The van der Waals surface area contributed by atoms with E-state index in [1.54, 1.807) is 30.3 Å². The van der Waals surface area contributed by atoms with Crippen molar-refractivity contribution >= 4 is 23.1 Å². The molecule has 180 valence electrons. The molecule has 0 radical (unpaired) electrons. The summed E-state index contributed by atoms with van der Waals surface area (Å²) >= 11 is 0. The number of nitro benzene ring substituents is 1. The van der Waals surface area contributed by atoms with E-state index in [1.807, 2.05) is 20.8 Å². The van der Waals surface area contributed by atoms with E-state index in [-0.39, 0.29) is 23.4 Å². The summed E-state index contributed by atoms with van der Waals surface area (Å²) in [7, 11) is 0. The van der Waals surface area contributed by atoms with Gasteiger partial charge in [0.15, 0.2) is 0 Å². The lowest BCUT2D eigenvalue weighted by atomic mass is 9.95. The fraction of sp³-hybridized carbons (Fsp3) is 0.360. The molecule has 1 atom stereocenters. The van der Waals surface area contributed by atoms with Crippen molar-refractivity contribution in [1.82, 2.24) is 4.90 Å². The lowest BCUT2D eigenvalue weighted by Gasteiger charge is -2.28. The lowest BCUT2D eigenvalue weighted by molar-refractivity contribution is -0.895. The van der Waals surface area contributed by atoms with Gasteiger partial charge in [0.2, 0.25) is 5.78 Å². The largest absolute Gasteiger partial charge is 0.872 e. The molecule has 1 unspecified atom stereocenters. The highest BCUT2D eigenvalue weighted by Gasteiger charge is 2.44. The number of ketones is 1. The van der Waals surface area contributed by atoms with Crippen LogP contribution in [0.15, 0.2) is 54.1 Å². The van der Waals surface area contributed by atoms with Gasteiger partial charge >= 0.3 is 0 Å². The fourth-order valence-corrected chi connectivity index (χ4v) is 4.16. The van der Waals surface area contributed by atoms with Crippen molar-refractivity contribution in [2.45, 2.75) is 26.8 Å². The second-order valence-corrected chi connectivity index (χ2v) is 7.99. The smallest absolute Gasteiger partial charge is 0.295 e. The summed E-state index contributed by atoms with van der Waals surface area (Å²) in [6.45, 7) is 8.88. The number of likely N-dealkylation sites (tertiary alicyclic amines) is 1. The molecule has 2 aromatic carbocycles. The number of carbonyl (C=O) groups is 2. The number of amides is 1. The molecule has 2 aromatic rings. The molecule has 34 heavy (non-hydrogen) atoms. The van der Waals surface area contributed by atoms with E-state index in [9.17, 15) is 24.8 Å². The van der Waals surface area contributed by atoms with Crippen molar-refractivity contribution in [3.63, 3.8) is 0 Å². The highest BCUT2D eigenvalue weighted by molar-refractivity contribution is 6.46. The number of hydrogen-bond donors (Lipinski definition) is 1. The molecule has 9 nitrogen and oxygen atoms in total. The van der Waals surface area contributed by atoms with E-state index in [2.05, 4.69) is 0 Å². The molecule has 0 aromatic heterocycles. The zero-order chi connectivity index (χ0) is 24.8. The van der Waals surface area contributed by atoms with Crippen molar-refractivity contribution in [1.29, 1.82) is 0 Å². The number of likely N-dealkylation sites (N-methyl/N-ethyl adjacent to an activating group) is 1. The van der Waals surface area contributed by atoms with E-state index >= 15 is 0 Å². The van der Waals surface area contributed by atoms with E-state index in [4.69, 9.17) is 4.74 Å². The third kappa shape index (κ3) is 5.09. The molecule has 0 aliphatic carbocycles. The zero-order valence-electron chi connectivity index (χ0n) is 19.6. The molecule has 1 N–H and O–H groups in total. The third-order valence-electron chi connectivity index (χ3n) is 6.06. The summed E-state index contributed by atoms with van der Waals surface area (Å²) < 4.78 is 5.41. The van der Waals surface area contributed by atoms with Crippen LogP contribution < -0.4 is 14.7 Å². The lowest BCUT2D eigenvalue weighted by Crippen LogP contribution is -3.12. The van der Waals surface area contributed by atoms with Crippen LogP contribution in [-0.2, 0) is 9.59 Å². The normalized spacial score (nSPS) is 17.4. The second-order valence-electron chi connectivity index (χ2n) is 7.99. The highest BCUT2D eigenvalue weighted by atomic mass is 16.6. The molecule has 1 amide bonds. The summed E-state index contributed by atoms with van der Waals surface area (Å²) in [5.41, 5.74) is 0.235. The Labute approximate surface area is 198 Å². The fourth-order valence-electron chi connectivity index (χ4n) is 4.16. The van der Waals surface area contributed by atoms with Crippen LogP contribution in [0.5, 0.6) is 5.75 Å². The van der Waals surface area contributed by atoms with Crippen LogP contribution >= 0.6 is 0 Å². The van der Waals surface area contributed by atoms with Crippen LogP contribution in [-0.4, -0.2) is 54.3 Å². The number of carbonyl (C=O) groups excluding carboxylic acids is 2. The van der Waals surface area contributed by atoms with Crippen molar-refractivity contribution in [3.05, 3.63) is 75.3 Å². The van der Waals surface area contributed by atoms with Crippen LogP contribution in [0.1, 0.15) is 37.9 Å². The van der Waals surface area contributed by atoms with Crippen LogP contribution in [0.3, 0.4) is 0 Å². The quantitative estimate of drug-likeness (QED) is 0.184. The molecule has 0 spiro atoms. The second kappa shape index (κ2) is 10.9. The molecule has 0 bridgehead atoms.